The number of aliphatic hydroxyl groups is 1. The summed E-state index contributed by atoms with van der Waals surface area (Å²) in [6.45, 7) is 2.14. The molecular weight excluding hydrogens is 232 g/mol. The number of nitrogens with zero attached hydrogens (tertiary/aromatic N) is 1. The number of benzene rings is 1. The predicted molar refractivity (Wildman–Crippen MR) is 70.2 cm³/mol. The van der Waals surface area contributed by atoms with Crippen LogP contribution < -0.4 is 5.32 Å². The first-order valence-electron chi connectivity index (χ1n) is 6.02. The van der Waals surface area contributed by atoms with E-state index in [-0.39, 0.29) is 12.1 Å². The second-order valence-electron chi connectivity index (χ2n) is 4.73. The molecular formula is C13H16N2OS. The fourth-order valence-corrected chi connectivity index (χ4v) is 3.20. The van der Waals surface area contributed by atoms with E-state index in [2.05, 4.69) is 29.4 Å². The molecule has 1 fully saturated rings. The van der Waals surface area contributed by atoms with E-state index in [4.69, 9.17) is 0 Å². The highest BCUT2D eigenvalue weighted by molar-refractivity contribution is 7.18. The topological polar surface area (TPSA) is 45.1 Å². The quantitative estimate of drug-likeness (QED) is 0.877. The van der Waals surface area contributed by atoms with Gasteiger partial charge in [-0.3, -0.25) is 0 Å². The van der Waals surface area contributed by atoms with Crippen LogP contribution in [0.1, 0.15) is 30.8 Å². The highest BCUT2D eigenvalue weighted by Crippen LogP contribution is 2.28. The number of nitrogens with one attached hydrogen (secondary N) is 1. The van der Waals surface area contributed by atoms with Gasteiger partial charge in [0, 0.05) is 6.04 Å². The van der Waals surface area contributed by atoms with Crippen LogP contribution in [-0.2, 0) is 0 Å². The fourth-order valence-electron chi connectivity index (χ4n) is 2.22. The summed E-state index contributed by atoms with van der Waals surface area (Å²) in [5.74, 6) is 0. The summed E-state index contributed by atoms with van der Waals surface area (Å²) in [6, 6.07) is 8.94. The number of hydrogen-bond donors (Lipinski definition) is 2. The van der Waals surface area contributed by atoms with Crippen molar-refractivity contribution in [3.8, 4) is 0 Å². The zero-order valence-corrected chi connectivity index (χ0v) is 10.6. The van der Waals surface area contributed by atoms with Crippen molar-refractivity contribution in [2.24, 2.45) is 0 Å². The largest absolute Gasteiger partial charge is 0.393 e. The maximum Gasteiger partial charge on any atom is 0.111 e. The Labute approximate surface area is 105 Å². The van der Waals surface area contributed by atoms with Crippen LogP contribution >= 0.6 is 11.3 Å². The molecule has 3 rings (SSSR count). The lowest BCUT2D eigenvalue weighted by atomic mass is 9.89. The number of rotatable bonds is 3. The van der Waals surface area contributed by atoms with E-state index in [1.165, 1.54) is 4.70 Å². The van der Waals surface area contributed by atoms with Crippen LogP contribution in [0.15, 0.2) is 24.3 Å². The number of hydrogen-bond acceptors (Lipinski definition) is 4. The van der Waals surface area contributed by atoms with Gasteiger partial charge in [0.05, 0.1) is 22.4 Å². The first kappa shape index (κ1) is 11.1. The highest BCUT2D eigenvalue weighted by Gasteiger charge is 2.28. The van der Waals surface area contributed by atoms with Crippen LogP contribution in [0.3, 0.4) is 0 Å². The Balaban J connectivity index is 1.74. The Kier molecular flexibility index (Phi) is 2.86. The zero-order chi connectivity index (χ0) is 11.8. The van der Waals surface area contributed by atoms with Gasteiger partial charge in [0.15, 0.2) is 0 Å². The molecule has 0 amide bonds. The molecule has 1 unspecified atom stereocenters. The smallest absolute Gasteiger partial charge is 0.111 e. The van der Waals surface area contributed by atoms with Crippen LogP contribution in [0.2, 0.25) is 0 Å². The van der Waals surface area contributed by atoms with Gasteiger partial charge in [0.25, 0.3) is 0 Å². The van der Waals surface area contributed by atoms with Crippen molar-refractivity contribution in [3.05, 3.63) is 29.3 Å². The maximum absolute atomic E-state index is 9.26. The van der Waals surface area contributed by atoms with Crippen LogP contribution in [0, 0.1) is 0 Å². The minimum Gasteiger partial charge on any atom is -0.393 e. The summed E-state index contributed by atoms with van der Waals surface area (Å²) >= 11 is 1.75. The van der Waals surface area contributed by atoms with Gasteiger partial charge in [-0.05, 0) is 31.9 Å². The van der Waals surface area contributed by atoms with Crippen molar-refractivity contribution >= 4 is 21.6 Å². The zero-order valence-electron chi connectivity index (χ0n) is 9.76. The van der Waals surface area contributed by atoms with E-state index in [0.717, 1.165) is 23.4 Å². The highest BCUT2D eigenvalue weighted by atomic mass is 32.1. The van der Waals surface area contributed by atoms with Gasteiger partial charge >= 0.3 is 0 Å². The molecule has 2 N–H and O–H groups in total. The molecule has 1 heterocycles. The van der Waals surface area contributed by atoms with Crippen molar-refractivity contribution < 1.29 is 5.11 Å². The third-order valence-electron chi connectivity index (χ3n) is 3.28. The minimum atomic E-state index is -0.102. The van der Waals surface area contributed by atoms with E-state index < -0.39 is 0 Å². The predicted octanol–water partition coefficient (Wildman–Crippen LogP) is 2.47. The Hall–Kier alpha value is -0.970. The minimum absolute atomic E-state index is 0.102. The normalized spacial score (nSPS) is 25.8. The van der Waals surface area contributed by atoms with Crippen molar-refractivity contribution in [3.63, 3.8) is 0 Å². The lowest BCUT2D eigenvalue weighted by Crippen LogP contribution is -2.44. The monoisotopic (exact) mass is 248 g/mol. The lowest BCUT2D eigenvalue weighted by molar-refractivity contribution is 0.0586. The van der Waals surface area contributed by atoms with Gasteiger partial charge in [0.1, 0.15) is 5.01 Å². The Morgan fingerprint density at radius 2 is 2.18 bits per heavy atom. The average Bonchev–Trinajstić information content (AvgIpc) is 2.70. The van der Waals surface area contributed by atoms with Crippen molar-refractivity contribution in [1.82, 2.24) is 10.3 Å². The van der Waals surface area contributed by atoms with E-state index in [1.54, 1.807) is 11.3 Å². The van der Waals surface area contributed by atoms with Gasteiger partial charge in [-0.2, -0.15) is 0 Å². The molecule has 0 radical (unpaired) electrons. The van der Waals surface area contributed by atoms with Gasteiger partial charge in [-0.15, -0.1) is 11.3 Å². The van der Waals surface area contributed by atoms with Crippen molar-refractivity contribution in [1.29, 1.82) is 0 Å². The van der Waals surface area contributed by atoms with Gasteiger partial charge < -0.3 is 10.4 Å². The standard InChI is InChI=1S/C13H16N2OS/c1-8(14-9-6-10(16)7-9)13-15-11-4-2-3-5-12(11)17-13/h2-5,8-10,14,16H,6-7H2,1H3. The SMILES string of the molecule is CC(NC1CC(O)C1)c1nc2ccccc2s1. The summed E-state index contributed by atoms with van der Waals surface area (Å²) in [4.78, 5) is 4.64. The van der Waals surface area contributed by atoms with E-state index in [0.29, 0.717) is 6.04 Å². The molecule has 1 saturated carbocycles. The number of para-hydroxylation sites is 1. The third kappa shape index (κ3) is 2.20. The Morgan fingerprint density at radius 3 is 2.88 bits per heavy atom. The molecule has 90 valence electrons. The summed E-state index contributed by atoms with van der Waals surface area (Å²) in [5, 5.41) is 13.9. The Morgan fingerprint density at radius 1 is 1.41 bits per heavy atom. The van der Waals surface area contributed by atoms with Crippen LogP contribution in [-0.4, -0.2) is 22.2 Å². The number of thiazole rings is 1. The molecule has 1 aliphatic rings. The molecule has 0 saturated heterocycles. The molecule has 1 atom stereocenters. The first-order chi connectivity index (χ1) is 8.22. The average molecular weight is 248 g/mol. The number of aliphatic hydroxyl groups excluding tert-OH is 1. The molecule has 3 nitrogen and oxygen atoms in total. The Bertz CT molecular complexity index is 486. The third-order valence-corrected chi connectivity index (χ3v) is 4.50. The van der Waals surface area contributed by atoms with E-state index in [1.807, 2.05) is 12.1 Å². The first-order valence-corrected chi connectivity index (χ1v) is 6.83. The van der Waals surface area contributed by atoms with Crippen LogP contribution in [0.25, 0.3) is 10.2 Å². The second kappa shape index (κ2) is 4.37. The summed E-state index contributed by atoms with van der Waals surface area (Å²) in [7, 11) is 0. The van der Waals surface area contributed by atoms with Crippen LogP contribution in [0.5, 0.6) is 0 Å². The lowest BCUT2D eigenvalue weighted by Gasteiger charge is -2.34. The van der Waals surface area contributed by atoms with Crippen molar-refractivity contribution in [2.45, 2.75) is 38.0 Å². The van der Waals surface area contributed by atoms with Gasteiger partial charge in [0.2, 0.25) is 0 Å². The molecule has 0 spiro atoms. The summed E-state index contributed by atoms with van der Waals surface area (Å²) < 4.78 is 1.24. The number of fused-ring (bicyclic) bond motifs is 1. The van der Waals surface area contributed by atoms with Crippen molar-refractivity contribution in [2.75, 3.05) is 0 Å². The molecule has 1 aromatic heterocycles. The molecule has 1 aromatic carbocycles. The number of aromatic nitrogens is 1. The van der Waals surface area contributed by atoms with E-state index >= 15 is 0 Å². The molecule has 17 heavy (non-hydrogen) atoms. The molecule has 0 aliphatic heterocycles. The maximum atomic E-state index is 9.26. The second-order valence-corrected chi connectivity index (χ2v) is 5.79. The molecule has 2 aromatic rings. The van der Waals surface area contributed by atoms with Gasteiger partial charge in [-0.1, -0.05) is 12.1 Å². The summed E-state index contributed by atoms with van der Waals surface area (Å²) in [5.41, 5.74) is 1.08. The van der Waals surface area contributed by atoms with Crippen LogP contribution in [0.4, 0.5) is 0 Å². The molecule has 1 aliphatic carbocycles. The fraction of sp³-hybridized carbons (Fsp3) is 0.462. The van der Waals surface area contributed by atoms with Gasteiger partial charge in [-0.25, -0.2) is 4.98 Å². The molecule has 4 heteroatoms. The molecule has 0 bridgehead atoms. The summed E-state index contributed by atoms with van der Waals surface area (Å²) in [6.07, 6.45) is 1.64. The van der Waals surface area contributed by atoms with E-state index in [9.17, 15) is 5.11 Å².